The molecule has 0 heterocycles. The summed E-state index contributed by atoms with van der Waals surface area (Å²) in [6, 6.07) is 15.3. The standard InChI is InChI=1S/C18H12BrClFNO2/c19-18-13-4-2-1-3-11(13)5-8-16(18)24-10-17(23)22-15-7-6-12(21)9-14(15)20/h1-9H,10H2,(H,22,23). The van der Waals surface area contributed by atoms with Crippen molar-refractivity contribution in [3.8, 4) is 5.75 Å². The molecule has 6 heteroatoms. The zero-order valence-corrected chi connectivity index (χ0v) is 14.7. The Balaban J connectivity index is 1.69. The van der Waals surface area contributed by atoms with Gasteiger partial charge >= 0.3 is 0 Å². The predicted octanol–water partition coefficient (Wildman–Crippen LogP) is 5.41. The summed E-state index contributed by atoms with van der Waals surface area (Å²) in [6.07, 6.45) is 0. The third-order valence-corrected chi connectivity index (χ3v) is 4.52. The molecule has 0 fully saturated rings. The topological polar surface area (TPSA) is 38.3 Å². The van der Waals surface area contributed by atoms with E-state index in [1.807, 2.05) is 30.3 Å². The molecule has 24 heavy (non-hydrogen) atoms. The Morgan fingerprint density at radius 3 is 2.75 bits per heavy atom. The van der Waals surface area contributed by atoms with Crippen molar-refractivity contribution in [3.05, 3.63) is 69.9 Å². The van der Waals surface area contributed by atoms with Crippen molar-refractivity contribution >= 4 is 49.9 Å². The van der Waals surface area contributed by atoms with E-state index >= 15 is 0 Å². The van der Waals surface area contributed by atoms with E-state index in [0.29, 0.717) is 11.4 Å². The Hall–Kier alpha value is -2.11. The Labute approximate surface area is 151 Å². The Morgan fingerprint density at radius 1 is 1.17 bits per heavy atom. The number of halogens is 3. The predicted molar refractivity (Wildman–Crippen MR) is 97.2 cm³/mol. The summed E-state index contributed by atoms with van der Waals surface area (Å²) in [4.78, 5) is 12.0. The fourth-order valence-electron chi connectivity index (χ4n) is 2.25. The first-order valence-electron chi connectivity index (χ1n) is 7.09. The highest BCUT2D eigenvalue weighted by atomic mass is 79.9. The molecule has 0 radical (unpaired) electrons. The summed E-state index contributed by atoms with van der Waals surface area (Å²) in [6.45, 7) is -0.190. The van der Waals surface area contributed by atoms with E-state index in [1.165, 1.54) is 12.1 Å². The van der Waals surface area contributed by atoms with Gasteiger partial charge in [-0.3, -0.25) is 4.79 Å². The van der Waals surface area contributed by atoms with Crippen LogP contribution in [0.2, 0.25) is 5.02 Å². The Kier molecular flexibility index (Phi) is 5.02. The minimum atomic E-state index is -0.464. The monoisotopic (exact) mass is 407 g/mol. The fourth-order valence-corrected chi connectivity index (χ4v) is 3.07. The molecule has 3 rings (SSSR count). The maximum atomic E-state index is 13.0. The number of hydrogen-bond donors (Lipinski definition) is 1. The number of amides is 1. The summed E-state index contributed by atoms with van der Waals surface area (Å²) in [5.74, 6) is -0.285. The number of rotatable bonds is 4. The molecular formula is C18H12BrClFNO2. The maximum Gasteiger partial charge on any atom is 0.262 e. The zero-order valence-electron chi connectivity index (χ0n) is 12.4. The molecule has 1 N–H and O–H groups in total. The molecule has 122 valence electrons. The van der Waals surface area contributed by atoms with Gasteiger partial charge in [-0.1, -0.05) is 41.9 Å². The van der Waals surface area contributed by atoms with E-state index in [0.717, 1.165) is 21.3 Å². The normalized spacial score (nSPS) is 10.6. The molecule has 0 aliphatic carbocycles. The largest absolute Gasteiger partial charge is 0.483 e. The maximum absolute atomic E-state index is 13.0. The van der Waals surface area contributed by atoms with Crippen LogP contribution in [0.1, 0.15) is 0 Å². The lowest BCUT2D eigenvalue weighted by molar-refractivity contribution is -0.118. The second-order valence-electron chi connectivity index (χ2n) is 5.06. The van der Waals surface area contributed by atoms with Crippen molar-refractivity contribution in [2.75, 3.05) is 11.9 Å². The van der Waals surface area contributed by atoms with Gasteiger partial charge in [-0.05, 0) is 51.0 Å². The van der Waals surface area contributed by atoms with Gasteiger partial charge in [-0.15, -0.1) is 0 Å². The number of nitrogens with one attached hydrogen (secondary N) is 1. The van der Waals surface area contributed by atoms with Crippen LogP contribution >= 0.6 is 27.5 Å². The van der Waals surface area contributed by atoms with Crippen LogP contribution in [0.4, 0.5) is 10.1 Å². The molecule has 0 aliphatic heterocycles. The minimum Gasteiger partial charge on any atom is -0.483 e. The van der Waals surface area contributed by atoms with Crippen LogP contribution < -0.4 is 10.1 Å². The van der Waals surface area contributed by atoms with Gasteiger partial charge in [0.1, 0.15) is 11.6 Å². The van der Waals surface area contributed by atoms with Gasteiger partial charge < -0.3 is 10.1 Å². The van der Waals surface area contributed by atoms with Crippen LogP contribution in [0.25, 0.3) is 10.8 Å². The van der Waals surface area contributed by atoms with E-state index in [9.17, 15) is 9.18 Å². The molecule has 0 spiro atoms. The van der Waals surface area contributed by atoms with Crippen molar-refractivity contribution in [3.63, 3.8) is 0 Å². The summed E-state index contributed by atoms with van der Waals surface area (Å²) in [5.41, 5.74) is 0.337. The van der Waals surface area contributed by atoms with Gasteiger partial charge in [0.2, 0.25) is 0 Å². The average molecular weight is 409 g/mol. The highest BCUT2D eigenvalue weighted by molar-refractivity contribution is 9.10. The second kappa shape index (κ2) is 7.20. The first kappa shape index (κ1) is 16.7. The number of ether oxygens (including phenoxy) is 1. The molecule has 0 bridgehead atoms. The number of benzene rings is 3. The summed E-state index contributed by atoms with van der Waals surface area (Å²) < 4.78 is 19.4. The molecule has 0 saturated heterocycles. The lowest BCUT2D eigenvalue weighted by Gasteiger charge is -2.11. The van der Waals surface area contributed by atoms with Crippen molar-refractivity contribution in [2.45, 2.75) is 0 Å². The number of anilines is 1. The number of carbonyl (C=O) groups is 1. The van der Waals surface area contributed by atoms with Crippen LogP contribution in [-0.2, 0) is 4.79 Å². The lowest BCUT2D eigenvalue weighted by Crippen LogP contribution is -2.20. The van der Waals surface area contributed by atoms with Crippen molar-refractivity contribution in [2.24, 2.45) is 0 Å². The Bertz CT molecular complexity index is 917. The van der Waals surface area contributed by atoms with Gasteiger partial charge in [0, 0.05) is 0 Å². The van der Waals surface area contributed by atoms with Gasteiger partial charge in [0.25, 0.3) is 5.91 Å². The molecule has 0 aromatic heterocycles. The molecule has 1 amide bonds. The zero-order chi connectivity index (χ0) is 17.1. The summed E-state index contributed by atoms with van der Waals surface area (Å²) >= 11 is 9.38. The minimum absolute atomic E-state index is 0.134. The van der Waals surface area contributed by atoms with Crippen molar-refractivity contribution in [1.29, 1.82) is 0 Å². The average Bonchev–Trinajstić information content (AvgIpc) is 2.57. The van der Waals surface area contributed by atoms with Crippen molar-refractivity contribution in [1.82, 2.24) is 0 Å². The molecule has 0 aliphatic rings. The SMILES string of the molecule is O=C(COc1ccc2ccccc2c1Br)Nc1ccc(F)cc1Cl. The van der Waals surface area contributed by atoms with Crippen LogP contribution in [0.3, 0.4) is 0 Å². The van der Waals surface area contributed by atoms with Gasteiger partial charge in [-0.2, -0.15) is 0 Å². The molecule has 0 atom stereocenters. The quantitative estimate of drug-likeness (QED) is 0.626. The molecule has 3 aromatic rings. The Morgan fingerprint density at radius 2 is 1.96 bits per heavy atom. The molecule has 3 aromatic carbocycles. The molecule has 3 nitrogen and oxygen atoms in total. The summed E-state index contributed by atoms with van der Waals surface area (Å²) in [5, 5.41) is 4.79. The number of carbonyl (C=O) groups excluding carboxylic acids is 1. The molecular weight excluding hydrogens is 397 g/mol. The second-order valence-corrected chi connectivity index (χ2v) is 6.26. The van der Waals surface area contributed by atoms with Gasteiger partial charge in [0.05, 0.1) is 15.2 Å². The number of hydrogen-bond acceptors (Lipinski definition) is 2. The van der Waals surface area contributed by atoms with E-state index in [1.54, 1.807) is 6.07 Å². The van der Waals surface area contributed by atoms with E-state index < -0.39 is 5.82 Å². The van der Waals surface area contributed by atoms with Gasteiger partial charge in [-0.25, -0.2) is 4.39 Å². The molecule has 0 unspecified atom stereocenters. The van der Waals surface area contributed by atoms with Crippen LogP contribution in [0.5, 0.6) is 5.75 Å². The lowest BCUT2D eigenvalue weighted by atomic mass is 10.1. The first-order valence-corrected chi connectivity index (χ1v) is 8.26. The molecule has 0 saturated carbocycles. The highest BCUT2D eigenvalue weighted by Crippen LogP contribution is 2.33. The summed E-state index contributed by atoms with van der Waals surface area (Å²) in [7, 11) is 0. The highest BCUT2D eigenvalue weighted by Gasteiger charge is 2.10. The third-order valence-electron chi connectivity index (χ3n) is 3.39. The smallest absolute Gasteiger partial charge is 0.262 e. The van der Waals surface area contributed by atoms with E-state index in [-0.39, 0.29) is 17.5 Å². The fraction of sp³-hybridized carbons (Fsp3) is 0.0556. The van der Waals surface area contributed by atoms with Crippen LogP contribution in [0, 0.1) is 5.82 Å². The van der Waals surface area contributed by atoms with E-state index in [2.05, 4.69) is 21.2 Å². The van der Waals surface area contributed by atoms with Crippen molar-refractivity contribution < 1.29 is 13.9 Å². The van der Waals surface area contributed by atoms with E-state index in [4.69, 9.17) is 16.3 Å². The van der Waals surface area contributed by atoms with Gasteiger partial charge in [0.15, 0.2) is 6.61 Å². The first-order chi connectivity index (χ1) is 11.5. The van der Waals surface area contributed by atoms with Crippen LogP contribution in [0.15, 0.2) is 59.1 Å². The number of fused-ring (bicyclic) bond motifs is 1. The third kappa shape index (κ3) is 3.68. The van der Waals surface area contributed by atoms with Crippen LogP contribution in [-0.4, -0.2) is 12.5 Å².